The second-order valence-electron chi connectivity index (χ2n) is 3.17. The molecule has 1 rings (SSSR count). The molecule has 16 heavy (non-hydrogen) atoms. The lowest BCUT2D eigenvalue weighted by Crippen LogP contribution is -1.96. The van der Waals surface area contributed by atoms with E-state index >= 15 is 0 Å². The first-order valence-electron chi connectivity index (χ1n) is 5.10. The first-order chi connectivity index (χ1) is 7.81. The van der Waals surface area contributed by atoms with Crippen molar-refractivity contribution in [1.82, 2.24) is 4.57 Å². The van der Waals surface area contributed by atoms with Crippen LogP contribution in [0.1, 0.15) is 0 Å². The van der Waals surface area contributed by atoms with Gasteiger partial charge in [-0.05, 0) is 0 Å². The van der Waals surface area contributed by atoms with Gasteiger partial charge in [0.25, 0.3) is 0 Å². The lowest BCUT2D eigenvalue weighted by atomic mass is 10.5. The van der Waals surface area contributed by atoms with Crippen molar-refractivity contribution in [2.45, 2.75) is 6.54 Å². The highest BCUT2D eigenvalue weighted by Crippen LogP contribution is 2.28. The van der Waals surface area contributed by atoms with Crippen LogP contribution in [0, 0.1) is 0 Å². The molecule has 0 aliphatic heterocycles. The summed E-state index contributed by atoms with van der Waals surface area (Å²) >= 11 is 0. The van der Waals surface area contributed by atoms with E-state index in [2.05, 4.69) is 19.7 Å². The average molecular weight is 219 g/mol. The van der Waals surface area contributed by atoms with E-state index in [0.717, 1.165) is 6.54 Å². The average Bonchev–Trinajstić information content (AvgIpc) is 2.66. The highest BCUT2D eigenvalue weighted by molar-refractivity contribution is 5.38. The molecule has 0 N–H and O–H groups in total. The summed E-state index contributed by atoms with van der Waals surface area (Å²) in [7, 11) is 0. The van der Waals surface area contributed by atoms with Crippen LogP contribution in [-0.2, 0) is 6.54 Å². The van der Waals surface area contributed by atoms with Gasteiger partial charge in [0.1, 0.15) is 13.2 Å². The minimum atomic E-state index is 0.461. The Kier molecular flexibility index (Phi) is 4.99. The smallest absolute Gasteiger partial charge is 0.179 e. The molecule has 0 spiro atoms. The fraction of sp³-hybridized carbons (Fsp3) is 0.231. The Balaban J connectivity index is 2.78. The van der Waals surface area contributed by atoms with Gasteiger partial charge in [0.2, 0.25) is 0 Å². The Bertz CT molecular complexity index is 337. The third-order valence-corrected chi connectivity index (χ3v) is 1.86. The third-order valence-electron chi connectivity index (χ3n) is 1.86. The van der Waals surface area contributed by atoms with Crippen LogP contribution >= 0.6 is 0 Å². The molecule has 0 aliphatic carbocycles. The molecule has 0 saturated carbocycles. The number of hydrogen-bond acceptors (Lipinski definition) is 2. The molecule has 0 unspecified atom stereocenters. The minimum absolute atomic E-state index is 0.461. The molecule has 3 nitrogen and oxygen atoms in total. The molecule has 0 bridgehead atoms. The van der Waals surface area contributed by atoms with Gasteiger partial charge in [0, 0.05) is 6.54 Å². The summed E-state index contributed by atoms with van der Waals surface area (Å²) in [4.78, 5) is 0. The fourth-order valence-corrected chi connectivity index (χ4v) is 1.23. The lowest BCUT2D eigenvalue weighted by Gasteiger charge is -2.04. The zero-order valence-corrected chi connectivity index (χ0v) is 9.39. The van der Waals surface area contributed by atoms with Crippen molar-refractivity contribution in [1.29, 1.82) is 0 Å². The number of allylic oxidation sites excluding steroid dienone is 1. The summed E-state index contributed by atoms with van der Waals surface area (Å²) in [6, 6.07) is 0. The highest BCUT2D eigenvalue weighted by atomic mass is 16.5. The van der Waals surface area contributed by atoms with Gasteiger partial charge in [-0.2, -0.15) is 0 Å². The third kappa shape index (κ3) is 3.35. The van der Waals surface area contributed by atoms with Crippen LogP contribution in [0.3, 0.4) is 0 Å². The largest absolute Gasteiger partial charge is 0.484 e. The van der Waals surface area contributed by atoms with Crippen molar-refractivity contribution in [2.24, 2.45) is 0 Å². The first kappa shape index (κ1) is 12.2. The van der Waals surface area contributed by atoms with Gasteiger partial charge in [0.15, 0.2) is 11.5 Å². The standard InChI is InChI=1S/C13H17NO2/c1-4-7-14-10-12(15-8-5-2)13(11-14)16-9-6-3/h4-6,10-11H,1-3,7-9H2. The normalized spacial score (nSPS) is 9.50. The maximum Gasteiger partial charge on any atom is 0.179 e. The summed E-state index contributed by atoms with van der Waals surface area (Å²) < 4.78 is 12.9. The monoisotopic (exact) mass is 219 g/mol. The number of hydrogen-bond donors (Lipinski definition) is 0. The van der Waals surface area contributed by atoms with Crippen molar-refractivity contribution in [3.05, 3.63) is 50.4 Å². The molecule has 1 aromatic heterocycles. The summed E-state index contributed by atoms with van der Waals surface area (Å²) in [5.41, 5.74) is 0. The van der Waals surface area contributed by atoms with Crippen molar-refractivity contribution in [3.63, 3.8) is 0 Å². The van der Waals surface area contributed by atoms with Crippen molar-refractivity contribution in [3.8, 4) is 11.5 Å². The van der Waals surface area contributed by atoms with Crippen molar-refractivity contribution >= 4 is 0 Å². The molecule has 0 amide bonds. The minimum Gasteiger partial charge on any atom is -0.484 e. The van der Waals surface area contributed by atoms with Gasteiger partial charge in [-0.1, -0.05) is 31.4 Å². The van der Waals surface area contributed by atoms with Gasteiger partial charge in [0.05, 0.1) is 12.4 Å². The maximum absolute atomic E-state index is 5.48. The van der Waals surface area contributed by atoms with Crippen molar-refractivity contribution in [2.75, 3.05) is 13.2 Å². The number of aromatic nitrogens is 1. The summed E-state index contributed by atoms with van der Waals surface area (Å²) in [5, 5.41) is 0. The van der Waals surface area contributed by atoms with E-state index in [4.69, 9.17) is 9.47 Å². The van der Waals surface area contributed by atoms with E-state index in [9.17, 15) is 0 Å². The van der Waals surface area contributed by atoms with Crippen LogP contribution in [0.5, 0.6) is 11.5 Å². The second-order valence-corrected chi connectivity index (χ2v) is 3.17. The molecular weight excluding hydrogens is 202 g/mol. The molecule has 0 fully saturated rings. The van der Waals surface area contributed by atoms with Crippen LogP contribution in [0.4, 0.5) is 0 Å². The van der Waals surface area contributed by atoms with Crippen LogP contribution < -0.4 is 9.47 Å². The number of nitrogens with zero attached hydrogens (tertiary/aromatic N) is 1. The molecule has 86 valence electrons. The highest BCUT2D eigenvalue weighted by Gasteiger charge is 2.07. The van der Waals surface area contributed by atoms with Gasteiger partial charge in [-0.3, -0.25) is 0 Å². The van der Waals surface area contributed by atoms with Gasteiger partial charge in [-0.15, -0.1) is 6.58 Å². The lowest BCUT2D eigenvalue weighted by molar-refractivity contribution is 0.311. The molecule has 0 radical (unpaired) electrons. The molecule has 0 saturated heterocycles. The maximum atomic E-state index is 5.48. The predicted molar refractivity (Wildman–Crippen MR) is 66.0 cm³/mol. The van der Waals surface area contributed by atoms with E-state index in [0.29, 0.717) is 24.7 Å². The Morgan fingerprint density at radius 3 is 1.81 bits per heavy atom. The summed E-state index contributed by atoms with van der Waals surface area (Å²) in [6.07, 6.45) is 8.96. The number of rotatable bonds is 8. The van der Waals surface area contributed by atoms with E-state index in [1.165, 1.54) is 0 Å². The van der Waals surface area contributed by atoms with Gasteiger partial charge >= 0.3 is 0 Å². The second kappa shape index (κ2) is 6.56. The Morgan fingerprint density at radius 2 is 1.44 bits per heavy atom. The zero-order valence-electron chi connectivity index (χ0n) is 9.39. The predicted octanol–water partition coefficient (Wildman–Crippen LogP) is 2.80. The molecule has 3 heteroatoms. The van der Waals surface area contributed by atoms with Crippen LogP contribution in [-0.4, -0.2) is 17.8 Å². The van der Waals surface area contributed by atoms with Crippen LogP contribution in [0.25, 0.3) is 0 Å². The van der Waals surface area contributed by atoms with Gasteiger partial charge < -0.3 is 14.0 Å². The molecule has 0 aliphatic rings. The first-order valence-corrected chi connectivity index (χ1v) is 5.10. The molecule has 0 aromatic carbocycles. The Labute approximate surface area is 96.3 Å². The van der Waals surface area contributed by atoms with Crippen LogP contribution in [0.15, 0.2) is 50.4 Å². The summed E-state index contributed by atoms with van der Waals surface area (Å²) in [6.45, 7) is 12.5. The van der Waals surface area contributed by atoms with Crippen LogP contribution in [0.2, 0.25) is 0 Å². The molecular formula is C13H17NO2. The Morgan fingerprint density at radius 1 is 0.938 bits per heavy atom. The van der Waals surface area contributed by atoms with E-state index < -0.39 is 0 Å². The SMILES string of the molecule is C=CCOc1cn(CC=C)cc1OCC=C. The topological polar surface area (TPSA) is 23.4 Å². The molecule has 1 heterocycles. The van der Waals surface area contributed by atoms with E-state index in [1.807, 2.05) is 23.0 Å². The fourth-order valence-electron chi connectivity index (χ4n) is 1.23. The molecule has 1 aromatic rings. The van der Waals surface area contributed by atoms with E-state index in [1.54, 1.807) is 12.2 Å². The quantitative estimate of drug-likeness (QED) is 0.628. The number of ether oxygens (including phenoxy) is 2. The Hall–Kier alpha value is -1.90. The van der Waals surface area contributed by atoms with E-state index in [-0.39, 0.29) is 0 Å². The van der Waals surface area contributed by atoms with Gasteiger partial charge in [-0.25, -0.2) is 0 Å². The molecule has 0 atom stereocenters. The van der Waals surface area contributed by atoms with Crippen molar-refractivity contribution < 1.29 is 9.47 Å². The zero-order chi connectivity index (χ0) is 11.8. The summed E-state index contributed by atoms with van der Waals surface area (Å²) in [5.74, 6) is 1.42.